The van der Waals surface area contributed by atoms with Gasteiger partial charge < -0.3 is 19.8 Å². The van der Waals surface area contributed by atoms with E-state index in [1.165, 1.54) is 0 Å². The molecule has 2 aliphatic heterocycles. The molecule has 3 heterocycles. The normalized spacial score (nSPS) is 21.8. The summed E-state index contributed by atoms with van der Waals surface area (Å²) in [5.41, 5.74) is 0. The van der Waals surface area contributed by atoms with Crippen molar-refractivity contribution in [1.82, 2.24) is 14.9 Å². The van der Waals surface area contributed by atoms with Gasteiger partial charge in [0.25, 0.3) is 0 Å². The molecule has 2 fully saturated rings. The minimum atomic E-state index is 0.0433. The van der Waals surface area contributed by atoms with E-state index in [9.17, 15) is 9.90 Å². The molecule has 0 saturated carbocycles. The summed E-state index contributed by atoms with van der Waals surface area (Å²) >= 11 is 0. The Morgan fingerprint density at radius 3 is 2.69 bits per heavy atom. The smallest absolute Gasteiger partial charge is 0.225 e. The second kappa shape index (κ2) is 8.66. The van der Waals surface area contributed by atoms with Crippen LogP contribution in [0, 0.1) is 5.92 Å². The Morgan fingerprint density at radius 2 is 1.92 bits per heavy atom. The number of aliphatic hydroxyl groups is 1. The largest absolute Gasteiger partial charge is 0.394 e. The van der Waals surface area contributed by atoms with Crippen LogP contribution in [0.5, 0.6) is 0 Å². The van der Waals surface area contributed by atoms with E-state index in [1.54, 1.807) is 6.33 Å². The molecule has 7 heteroatoms. The molecule has 2 aliphatic rings. The number of piperidine rings is 1. The zero-order valence-electron chi connectivity index (χ0n) is 16.0. The standard InChI is InChI=1S/C19H31N5O2/c1-15(2)19(26)23-8-5-7-22(10-11-23)17-12-18(21-14-20-17)24-9-4-3-6-16(24)13-25/h12,14-16,25H,3-11,13H2,1-2H3. The second-order valence-electron chi connectivity index (χ2n) is 7.58. The molecule has 0 aromatic carbocycles. The van der Waals surface area contributed by atoms with Crippen LogP contribution in [-0.4, -0.2) is 71.3 Å². The summed E-state index contributed by atoms with van der Waals surface area (Å²) < 4.78 is 0. The molecule has 1 aromatic heterocycles. The topological polar surface area (TPSA) is 72.8 Å². The monoisotopic (exact) mass is 361 g/mol. The predicted octanol–water partition coefficient (Wildman–Crippen LogP) is 1.52. The summed E-state index contributed by atoms with van der Waals surface area (Å²) in [7, 11) is 0. The second-order valence-corrected chi connectivity index (χ2v) is 7.58. The lowest BCUT2D eigenvalue weighted by atomic mass is 10.0. The molecule has 1 atom stereocenters. The highest BCUT2D eigenvalue weighted by Gasteiger charge is 2.25. The van der Waals surface area contributed by atoms with E-state index < -0.39 is 0 Å². The summed E-state index contributed by atoms with van der Waals surface area (Å²) in [6, 6.07) is 2.18. The van der Waals surface area contributed by atoms with Crippen molar-refractivity contribution < 1.29 is 9.90 Å². The molecule has 3 rings (SSSR count). The maximum absolute atomic E-state index is 12.3. The van der Waals surface area contributed by atoms with Gasteiger partial charge in [-0.2, -0.15) is 0 Å². The Bertz CT molecular complexity index is 609. The van der Waals surface area contributed by atoms with Gasteiger partial charge in [-0.25, -0.2) is 9.97 Å². The highest BCUT2D eigenvalue weighted by Crippen LogP contribution is 2.25. The van der Waals surface area contributed by atoms with Crippen LogP contribution in [-0.2, 0) is 4.79 Å². The number of aliphatic hydroxyl groups excluding tert-OH is 1. The van der Waals surface area contributed by atoms with Crippen LogP contribution in [0.1, 0.15) is 39.5 Å². The average molecular weight is 361 g/mol. The quantitative estimate of drug-likeness (QED) is 0.877. The first-order chi connectivity index (χ1) is 12.6. The third-order valence-electron chi connectivity index (χ3n) is 5.40. The van der Waals surface area contributed by atoms with Gasteiger partial charge in [0.1, 0.15) is 18.0 Å². The predicted molar refractivity (Wildman–Crippen MR) is 102 cm³/mol. The number of nitrogens with zero attached hydrogens (tertiary/aromatic N) is 5. The molecule has 1 aromatic rings. The Kier molecular flexibility index (Phi) is 6.29. The fourth-order valence-electron chi connectivity index (χ4n) is 3.89. The summed E-state index contributed by atoms with van der Waals surface area (Å²) in [5.74, 6) is 2.08. The lowest BCUT2D eigenvalue weighted by Crippen LogP contribution is -2.42. The van der Waals surface area contributed by atoms with Crippen molar-refractivity contribution in [3.8, 4) is 0 Å². The number of hydrogen-bond acceptors (Lipinski definition) is 6. The Balaban J connectivity index is 1.71. The van der Waals surface area contributed by atoms with Crippen molar-refractivity contribution in [3.05, 3.63) is 12.4 Å². The maximum atomic E-state index is 12.3. The fourth-order valence-corrected chi connectivity index (χ4v) is 3.89. The molecule has 144 valence electrons. The van der Waals surface area contributed by atoms with E-state index in [4.69, 9.17) is 0 Å². The van der Waals surface area contributed by atoms with E-state index in [1.807, 2.05) is 24.8 Å². The highest BCUT2D eigenvalue weighted by atomic mass is 16.3. The third-order valence-corrected chi connectivity index (χ3v) is 5.40. The molecule has 1 unspecified atom stereocenters. The van der Waals surface area contributed by atoms with Crippen molar-refractivity contribution in [2.45, 2.75) is 45.6 Å². The molecular weight excluding hydrogens is 330 g/mol. The van der Waals surface area contributed by atoms with Crippen LogP contribution in [0.2, 0.25) is 0 Å². The molecule has 0 bridgehead atoms. The lowest BCUT2D eigenvalue weighted by molar-refractivity contribution is -0.134. The van der Waals surface area contributed by atoms with Gasteiger partial charge >= 0.3 is 0 Å². The number of carbonyl (C=O) groups excluding carboxylic acids is 1. The summed E-state index contributed by atoms with van der Waals surface area (Å²) in [6.45, 7) is 8.23. The van der Waals surface area contributed by atoms with Gasteiger partial charge in [0.2, 0.25) is 5.91 Å². The van der Waals surface area contributed by atoms with Crippen LogP contribution in [0.3, 0.4) is 0 Å². The molecule has 26 heavy (non-hydrogen) atoms. The van der Waals surface area contributed by atoms with Crippen LogP contribution < -0.4 is 9.80 Å². The lowest BCUT2D eigenvalue weighted by Gasteiger charge is -2.36. The van der Waals surface area contributed by atoms with Gasteiger partial charge in [0.05, 0.1) is 12.6 Å². The average Bonchev–Trinajstić information content (AvgIpc) is 2.93. The molecule has 1 amide bonds. The van der Waals surface area contributed by atoms with E-state index >= 15 is 0 Å². The van der Waals surface area contributed by atoms with Crippen molar-refractivity contribution in [3.63, 3.8) is 0 Å². The fraction of sp³-hybridized carbons (Fsp3) is 0.737. The summed E-state index contributed by atoms with van der Waals surface area (Å²) in [5, 5.41) is 9.67. The molecule has 1 N–H and O–H groups in total. The summed E-state index contributed by atoms with van der Waals surface area (Å²) in [6.07, 6.45) is 5.86. The van der Waals surface area contributed by atoms with E-state index in [2.05, 4.69) is 19.8 Å². The SMILES string of the molecule is CC(C)C(=O)N1CCCN(c2cc(N3CCCCC3CO)ncn2)CC1. The van der Waals surface area contributed by atoms with Gasteiger partial charge in [-0.15, -0.1) is 0 Å². The Hall–Kier alpha value is -1.89. The van der Waals surface area contributed by atoms with E-state index in [0.717, 1.165) is 70.0 Å². The Morgan fingerprint density at radius 1 is 1.12 bits per heavy atom. The van der Waals surface area contributed by atoms with Crippen molar-refractivity contribution in [2.75, 3.05) is 49.1 Å². The first-order valence-electron chi connectivity index (χ1n) is 9.83. The number of amides is 1. The number of anilines is 2. The number of hydrogen-bond donors (Lipinski definition) is 1. The molecular formula is C19H31N5O2. The molecule has 0 spiro atoms. The number of carbonyl (C=O) groups is 1. The summed E-state index contributed by atoms with van der Waals surface area (Å²) in [4.78, 5) is 27.6. The zero-order valence-corrected chi connectivity index (χ0v) is 16.0. The van der Waals surface area contributed by atoms with Gasteiger partial charge in [0.15, 0.2) is 0 Å². The van der Waals surface area contributed by atoms with Crippen LogP contribution in [0.25, 0.3) is 0 Å². The molecule has 2 saturated heterocycles. The van der Waals surface area contributed by atoms with Gasteiger partial charge in [0, 0.05) is 44.7 Å². The highest BCUT2D eigenvalue weighted by molar-refractivity contribution is 5.78. The third kappa shape index (κ3) is 4.26. The van der Waals surface area contributed by atoms with Crippen molar-refractivity contribution >= 4 is 17.5 Å². The Labute approximate surface area is 156 Å². The van der Waals surface area contributed by atoms with Gasteiger partial charge in [-0.3, -0.25) is 4.79 Å². The van der Waals surface area contributed by atoms with Crippen molar-refractivity contribution in [2.24, 2.45) is 5.92 Å². The van der Waals surface area contributed by atoms with E-state index in [-0.39, 0.29) is 24.5 Å². The first kappa shape index (κ1) is 18.9. The molecule has 7 nitrogen and oxygen atoms in total. The van der Waals surface area contributed by atoms with Crippen molar-refractivity contribution in [1.29, 1.82) is 0 Å². The molecule has 0 aliphatic carbocycles. The van der Waals surface area contributed by atoms with Gasteiger partial charge in [-0.05, 0) is 25.7 Å². The number of rotatable bonds is 4. The van der Waals surface area contributed by atoms with Crippen LogP contribution in [0.15, 0.2) is 12.4 Å². The number of aromatic nitrogens is 2. The molecule has 0 radical (unpaired) electrons. The zero-order chi connectivity index (χ0) is 18.5. The minimum Gasteiger partial charge on any atom is -0.394 e. The first-order valence-corrected chi connectivity index (χ1v) is 9.83. The van der Waals surface area contributed by atoms with Crippen LogP contribution in [0.4, 0.5) is 11.6 Å². The van der Waals surface area contributed by atoms with Gasteiger partial charge in [-0.1, -0.05) is 13.8 Å². The minimum absolute atomic E-state index is 0.0433. The maximum Gasteiger partial charge on any atom is 0.225 e. The van der Waals surface area contributed by atoms with E-state index in [0.29, 0.717) is 0 Å². The van der Waals surface area contributed by atoms with Crippen LogP contribution >= 0.6 is 0 Å².